The van der Waals surface area contributed by atoms with Gasteiger partial charge in [0, 0.05) is 11.8 Å². The lowest BCUT2D eigenvalue weighted by Crippen LogP contribution is -2.07. The quantitative estimate of drug-likeness (QED) is 0.830. The standard InChI is InChI=1S/C17H17NO3/c1-21-16-7-3-4-13(11-16)8-9-17(20)18-15-6-2-5-14(10-15)12-19/h2-11,19H,12H2,1H3,(H,18,20)/b9-8-. The number of carbonyl (C=O) groups is 1. The number of rotatable bonds is 5. The normalized spacial score (nSPS) is 10.6. The number of benzene rings is 2. The monoisotopic (exact) mass is 283 g/mol. The molecule has 0 bridgehead atoms. The molecule has 4 nitrogen and oxygen atoms in total. The van der Waals surface area contributed by atoms with E-state index in [1.165, 1.54) is 6.08 Å². The van der Waals surface area contributed by atoms with Crippen LogP contribution in [-0.2, 0) is 11.4 Å². The molecule has 0 heterocycles. The van der Waals surface area contributed by atoms with Gasteiger partial charge in [0.1, 0.15) is 5.75 Å². The average molecular weight is 283 g/mol. The van der Waals surface area contributed by atoms with E-state index in [0.29, 0.717) is 5.69 Å². The van der Waals surface area contributed by atoms with Crippen LogP contribution in [0.1, 0.15) is 11.1 Å². The summed E-state index contributed by atoms with van der Waals surface area (Å²) in [6.45, 7) is -0.0522. The zero-order valence-corrected chi connectivity index (χ0v) is 11.7. The minimum atomic E-state index is -0.229. The van der Waals surface area contributed by atoms with Crippen molar-refractivity contribution < 1.29 is 14.6 Å². The fraction of sp³-hybridized carbons (Fsp3) is 0.118. The molecule has 0 saturated carbocycles. The van der Waals surface area contributed by atoms with Crippen LogP contribution < -0.4 is 10.1 Å². The Bertz CT molecular complexity index is 650. The van der Waals surface area contributed by atoms with E-state index < -0.39 is 0 Å². The highest BCUT2D eigenvalue weighted by molar-refractivity contribution is 6.01. The summed E-state index contributed by atoms with van der Waals surface area (Å²) >= 11 is 0. The van der Waals surface area contributed by atoms with Crippen molar-refractivity contribution in [2.24, 2.45) is 0 Å². The summed E-state index contributed by atoms with van der Waals surface area (Å²) in [5, 5.41) is 11.8. The van der Waals surface area contributed by atoms with Crippen molar-refractivity contribution in [3.63, 3.8) is 0 Å². The van der Waals surface area contributed by atoms with Crippen LogP contribution in [0, 0.1) is 0 Å². The molecule has 0 aromatic heterocycles. The van der Waals surface area contributed by atoms with Gasteiger partial charge < -0.3 is 15.2 Å². The number of methoxy groups -OCH3 is 1. The SMILES string of the molecule is COc1cccc(/C=C\C(=O)Nc2cccc(CO)c2)c1. The highest BCUT2D eigenvalue weighted by atomic mass is 16.5. The average Bonchev–Trinajstić information content (AvgIpc) is 2.53. The van der Waals surface area contributed by atoms with E-state index in [-0.39, 0.29) is 12.5 Å². The Balaban J connectivity index is 2.01. The Morgan fingerprint density at radius 3 is 2.81 bits per heavy atom. The number of anilines is 1. The maximum atomic E-state index is 11.8. The van der Waals surface area contributed by atoms with Crippen molar-refractivity contribution in [3.05, 3.63) is 65.7 Å². The third-order valence-corrected chi connectivity index (χ3v) is 2.90. The van der Waals surface area contributed by atoms with Crippen LogP contribution in [0.4, 0.5) is 5.69 Å². The fourth-order valence-corrected chi connectivity index (χ4v) is 1.85. The number of aliphatic hydroxyl groups excluding tert-OH is 1. The molecule has 1 amide bonds. The predicted octanol–water partition coefficient (Wildman–Crippen LogP) is 2.84. The molecule has 0 atom stereocenters. The van der Waals surface area contributed by atoms with E-state index in [0.717, 1.165) is 16.9 Å². The van der Waals surface area contributed by atoms with Gasteiger partial charge in [-0.3, -0.25) is 4.79 Å². The van der Waals surface area contributed by atoms with Crippen molar-refractivity contribution in [2.75, 3.05) is 12.4 Å². The van der Waals surface area contributed by atoms with Crippen LogP contribution in [0.2, 0.25) is 0 Å². The number of amides is 1. The number of ether oxygens (including phenoxy) is 1. The van der Waals surface area contributed by atoms with E-state index in [4.69, 9.17) is 9.84 Å². The van der Waals surface area contributed by atoms with Crippen molar-refractivity contribution in [2.45, 2.75) is 6.61 Å². The van der Waals surface area contributed by atoms with Crippen LogP contribution in [0.5, 0.6) is 5.75 Å². The second-order valence-corrected chi connectivity index (χ2v) is 4.46. The van der Waals surface area contributed by atoms with Crippen molar-refractivity contribution in [1.29, 1.82) is 0 Å². The summed E-state index contributed by atoms with van der Waals surface area (Å²) in [6.07, 6.45) is 3.17. The molecule has 108 valence electrons. The Morgan fingerprint density at radius 2 is 2.05 bits per heavy atom. The summed E-state index contributed by atoms with van der Waals surface area (Å²) in [5.41, 5.74) is 2.29. The van der Waals surface area contributed by atoms with E-state index in [9.17, 15) is 4.79 Å². The Labute approximate surface area is 123 Å². The predicted molar refractivity (Wildman–Crippen MR) is 83.0 cm³/mol. The molecule has 2 rings (SSSR count). The van der Waals surface area contributed by atoms with E-state index in [1.54, 1.807) is 37.5 Å². The van der Waals surface area contributed by atoms with Gasteiger partial charge in [-0.2, -0.15) is 0 Å². The molecule has 2 aromatic rings. The van der Waals surface area contributed by atoms with Crippen molar-refractivity contribution in [3.8, 4) is 5.75 Å². The molecule has 4 heteroatoms. The first-order chi connectivity index (χ1) is 10.2. The Morgan fingerprint density at radius 1 is 1.24 bits per heavy atom. The Hall–Kier alpha value is -2.59. The zero-order chi connectivity index (χ0) is 15.1. The van der Waals surface area contributed by atoms with E-state index >= 15 is 0 Å². The van der Waals surface area contributed by atoms with Crippen molar-refractivity contribution in [1.82, 2.24) is 0 Å². The second kappa shape index (κ2) is 7.26. The number of hydrogen-bond acceptors (Lipinski definition) is 3. The zero-order valence-electron chi connectivity index (χ0n) is 11.7. The van der Waals surface area contributed by atoms with Crippen LogP contribution in [0.3, 0.4) is 0 Å². The third kappa shape index (κ3) is 4.47. The van der Waals surface area contributed by atoms with Crippen LogP contribution in [-0.4, -0.2) is 18.1 Å². The first-order valence-electron chi connectivity index (χ1n) is 6.54. The molecule has 0 saturated heterocycles. The topological polar surface area (TPSA) is 58.6 Å². The minimum absolute atomic E-state index is 0.0522. The van der Waals surface area contributed by atoms with Gasteiger partial charge in [0.15, 0.2) is 0 Å². The molecular weight excluding hydrogens is 266 g/mol. The summed E-state index contributed by atoms with van der Waals surface area (Å²) in [7, 11) is 1.60. The molecule has 0 radical (unpaired) electrons. The van der Waals surface area contributed by atoms with Gasteiger partial charge in [0.25, 0.3) is 0 Å². The molecule has 0 aliphatic carbocycles. The Kier molecular flexibility index (Phi) is 5.12. The van der Waals surface area contributed by atoms with E-state index in [2.05, 4.69) is 5.32 Å². The van der Waals surface area contributed by atoms with Gasteiger partial charge in [-0.15, -0.1) is 0 Å². The lowest BCUT2D eigenvalue weighted by Gasteiger charge is -2.04. The minimum Gasteiger partial charge on any atom is -0.497 e. The number of aliphatic hydroxyl groups is 1. The van der Waals surface area contributed by atoms with Gasteiger partial charge in [0.2, 0.25) is 5.91 Å². The largest absolute Gasteiger partial charge is 0.497 e. The van der Waals surface area contributed by atoms with Gasteiger partial charge in [0.05, 0.1) is 13.7 Å². The summed E-state index contributed by atoms with van der Waals surface area (Å²) in [5.74, 6) is 0.515. The smallest absolute Gasteiger partial charge is 0.248 e. The summed E-state index contributed by atoms with van der Waals surface area (Å²) in [6, 6.07) is 14.5. The molecule has 0 fully saturated rings. The third-order valence-electron chi connectivity index (χ3n) is 2.90. The van der Waals surface area contributed by atoms with E-state index in [1.807, 2.05) is 24.3 Å². The van der Waals surface area contributed by atoms with Gasteiger partial charge in [-0.05, 0) is 41.5 Å². The maximum Gasteiger partial charge on any atom is 0.248 e. The highest BCUT2D eigenvalue weighted by Gasteiger charge is 1.99. The van der Waals surface area contributed by atoms with Gasteiger partial charge in [-0.1, -0.05) is 24.3 Å². The fourth-order valence-electron chi connectivity index (χ4n) is 1.85. The lowest BCUT2D eigenvalue weighted by atomic mass is 10.2. The molecular formula is C17H17NO3. The van der Waals surface area contributed by atoms with Crippen molar-refractivity contribution >= 4 is 17.7 Å². The highest BCUT2D eigenvalue weighted by Crippen LogP contribution is 2.14. The van der Waals surface area contributed by atoms with Gasteiger partial charge in [-0.25, -0.2) is 0 Å². The first-order valence-corrected chi connectivity index (χ1v) is 6.54. The number of carbonyl (C=O) groups excluding carboxylic acids is 1. The molecule has 0 spiro atoms. The molecule has 0 aliphatic heterocycles. The number of nitrogens with one attached hydrogen (secondary N) is 1. The molecule has 2 N–H and O–H groups in total. The first kappa shape index (κ1) is 14.8. The molecule has 0 aliphatic rings. The second-order valence-electron chi connectivity index (χ2n) is 4.46. The van der Waals surface area contributed by atoms with Crippen LogP contribution in [0.25, 0.3) is 6.08 Å². The summed E-state index contributed by atoms with van der Waals surface area (Å²) < 4.78 is 5.12. The van der Waals surface area contributed by atoms with Gasteiger partial charge >= 0.3 is 0 Å². The lowest BCUT2D eigenvalue weighted by molar-refractivity contribution is -0.111. The van der Waals surface area contributed by atoms with Crippen LogP contribution in [0.15, 0.2) is 54.6 Å². The number of hydrogen-bond donors (Lipinski definition) is 2. The molecule has 0 unspecified atom stereocenters. The maximum absolute atomic E-state index is 11.8. The van der Waals surface area contributed by atoms with Crippen LogP contribution >= 0.6 is 0 Å². The molecule has 21 heavy (non-hydrogen) atoms. The molecule has 2 aromatic carbocycles. The summed E-state index contributed by atoms with van der Waals surface area (Å²) in [4.78, 5) is 11.8.